The van der Waals surface area contributed by atoms with Crippen LogP contribution in [0.3, 0.4) is 0 Å². The predicted molar refractivity (Wildman–Crippen MR) is 194 cm³/mol. The molecule has 1 amide bonds. The van der Waals surface area contributed by atoms with Crippen LogP contribution in [-0.4, -0.2) is 37.1 Å². The molecule has 0 radical (unpaired) electrons. The van der Waals surface area contributed by atoms with Gasteiger partial charge in [-0.05, 0) is 68.3 Å². The lowest BCUT2D eigenvalue weighted by molar-refractivity contribution is -0.131. The van der Waals surface area contributed by atoms with Gasteiger partial charge in [0.05, 0.1) is 12.7 Å². The number of carbonyl (C=O) groups is 1. The highest BCUT2D eigenvalue weighted by atomic mass is 19.1. The van der Waals surface area contributed by atoms with Crippen molar-refractivity contribution in [1.29, 1.82) is 0 Å². The number of aryl methyl sites for hydroxylation is 2. The van der Waals surface area contributed by atoms with Crippen LogP contribution < -0.4 is 16.0 Å². The zero-order valence-corrected chi connectivity index (χ0v) is 29.1. The van der Waals surface area contributed by atoms with Gasteiger partial charge in [0.25, 0.3) is 0 Å². The van der Waals surface area contributed by atoms with Crippen molar-refractivity contribution in [1.82, 2.24) is 20.9 Å². The number of benzene rings is 3. The number of halogens is 1. The lowest BCUT2D eigenvalue weighted by Crippen LogP contribution is -2.49. The maximum Gasteiger partial charge on any atom is 0.222 e. The summed E-state index contributed by atoms with van der Waals surface area (Å²) in [7, 11) is 1.81. The minimum absolute atomic E-state index is 0.123. The van der Waals surface area contributed by atoms with Crippen LogP contribution in [0.25, 0.3) is 0 Å². The van der Waals surface area contributed by atoms with Crippen molar-refractivity contribution in [2.24, 2.45) is 0 Å². The lowest BCUT2D eigenvalue weighted by atomic mass is 10.1. The molecule has 250 valence electrons. The van der Waals surface area contributed by atoms with Crippen LogP contribution in [0.15, 0.2) is 110 Å². The van der Waals surface area contributed by atoms with Gasteiger partial charge in [0.1, 0.15) is 5.82 Å². The summed E-state index contributed by atoms with van der Waals surface area (Å²) in [5.74, 6) is -0.0667. The maximum atomic E-state index is 13.1. The number of nitrogens with zero attached hydrogens (tertiary/aromatic N) is 1. The van der Waals surface area contributed by atoms with Crippen LogP contribution in [0.4, 0.5) is 4.39 Å². The molecule has 0 saturated carbocycles. The highest BCUT2D eigenvalue weighted by Crippen LogP contribution is 2.08. The van der Waals surface area contributed by atoms with Crippen molar-refractivity contribution in [3.05, 3.63) is 133 Å². The van der Waals surface area contributed by atoms with E-state index < -0.39 is 0 Å². The van der Waals surface area contributed by atoms with E-state index in [1.165, 1.54) is 23.3 Å². The summed E-state index contributed by atoms with van der Waals surface area (Å²) in [5, 5.41) is 9.29. The third-order valence-electron chi connectivity index (χ3n) is 6.14. The first-order valence-electron chi connectivity index (χ1n) is 16.4. The summed E-state index contributed by atoms with van der Waals surface area (Å²) in [6.07, 6.45) is 7.56. The topological polar surface area (TPSA) is 56.4 Å². The fraction of sp³-hybridized carbons (Fsp3) is 0.410. The Kier molecular flexibility index (Phi) is 30.3. The summed E-state index contributed by atoms with van der Waals surface area (Å²) < 4.78 is 13.1. The molecule has 3 N–H and O–H groups in total. The Morgan fingerprint density at radius 1 is 0.844 bits per heavy atom. The van der Waals surface area contributed by atoms with Crippen LogP contribution in [0.5, 0.6) is 0 Å². The Morgan fingerprint density at radius 2 is 1.40 bits per heavy atom. The molecule has 6 heteroatoms. The van der Waals surface area contributed by atoms with Crippen LogP contribution in [0.2, 0.25) is 0 Å². The van der Waals surface area contributed by atoms with Gasteiger partial charge in [-0.1, -0.05) is 126 Å². The van der Waals surface area contributed by atoms with E-state index in [1.807, 2.05) is 70.8 Å². The van der Waals surface area contributed by atoms with Gasteiger partial charge in [0.2, 0.25) is 5.91 Å². The SMILES string of the molecule is C=CNC.C=CNC(CN(CCCCc1ccccc1)C(=O)CCC)NCc1ccc(F)cc1.CC.CC.Cc1ccccc1. The summed E-state index contributed by atoms with van der Waals surface area (Å²) in [6, 6.07) is 27.1. The molecule has 5 nitrogen and oxygen atoms in total. The van der Waals surface area contributed by atoms with E-state index in [4.69, 9.17) is 0 Å². The molecule has 0 aliphatic rings. The average molecular weight is 621 g/mol. The van der Waals surface area contributed by atoms with Gasteiger partial charge in [-0.25, -0.2) is 4.39 Å². The fourth-order valence-electron chi connectivity index (χ4n) is 3.88. The first-order valence-corrected chi connectivity index (χ1v) is 16.4. The largest absolute Gasteiger partial charge is 0.394 e. The molecule has 3 rings (SSSR count). The minimum Gasteiger partial charge on any atom is -0.394 e. The van der Waals surface area contributed by atoms with Crippen molar-refractivity contribution in [2.45, 2.75) is 86.4 Å². The molecule has 0 aliphatic heterocycles. The van der Waals surface area contributed by atoms with Gasteiger partial charge >= 0.3 is 0 Å². The van der Waals surface area contributed by atoms with Gasteiger partial charge in [0, 0.05) is 26.6 Å². The van der Waals surface area contributed by atoms with Crippen LogP contribution in [-0.2, 0) is 17.8 Å². The average Bonchev–Trinajstić information content (AvgIpc) is 3.09. The Labute approximate surface area is 275 Å². The molecule has 45 heavy (non-hydrogen) atoms. The minimum atomic E-state index is -0.244. The molecular weight excluding hydrogens is 559 g/mol. The second-order valence-corrected chi connectivity index (χ2v) is 9.61. The molecule has 0 aromatic heterocycles. The van der Waals surface area contributed by atoms with Crippen molar-refractivity contribution in [3.63, 3.8) is 0 Å². The van der Waals surface area contributed by atoms with E-state index in [9.17, 15) is 9.18 Å². The Balaban J connectivity index is 0. The highest BCUT2D eigenvalue weighted by Gasteiger charge is 2.17. The first kappa shape index (κ1) is 43.2. The Morgan fingerprint density at radius 3 is 1.87 bits per heavy atom. The number of carbonyl (C=O) groups excluding carboxylic acids is 1. The normalized spacial score (nSPS) is 9.87. The summed E-state index contributed by atoms with van der Waals surface area (Å²) in [5.41, 5.74) is 3.64. The fourth-order valence-corrected chi connectivity index (χ4v) is 3.88. The molecule has 3 aromatic rings. The van der Waals surface area contributed by atoms with Crippen molar-refractivity contribution < 1.29 is 9.18 Å². The van der Waals surface area contributed by atoms with Gasteiger partial charge < -0.3 is 15.5 Å². The quantitative estimate of drug-likeness (QED) is 0.117. The summed E-state index contributed by atoms with van der Waals surface area (Å²) in [4.78, 5) is 14.6. The monoisotopic (exact) mass is 620 g/mol. The zero-order valence-electron chi connectivity index (χ0n) is 29.1. The van der Waals surface area contributed by atoms with E-state index in [1.54, 1.807) is 24.5 Å². The molecule has 0 aliphatic carbocycles. The second-order valence-electron chi connectivity index (χ2n) is 9.61. The van der Waals surface area contributed by atoms with E-state index in [2.05, 4.69) is 72.4 Å². The third-order valence-corrected chi connectivity index (χ3v) is 6.14. The summed E-state index contributed by atoms with van der Waals surface area (Å²) >= 11 is 0. The molecule has 0 fully saturated rings. The molecular formula is C39H61FN4O. The number of hydrogen-bond acceptors (Lipinski definition) is 4. The molecule has 0 saturated heterocycles. The first-order chi connectivity index (χ1) is 21.9. The number of hydrogen-bond donors (Lipinski definition) is 3. The summed E-state index contributed by atoms with van der Waals surface area (Å²) in [6.45, 7) is 21.1. The van der Waals surface area contributed by atoms with Crippen molar-refractivity contribution >= 4 is 5.91 Å². The van der Waals surface area contributed by atoms with E-state index in [-0.39, 0.29) is 17.9 Å². The van der Waals surface area contributed by atoms with Gasteiger partial charge in [-0.15, -0.1) is 0 Å². The molecule has 0 heterocycles. The van der Waals surface area contributed by atoms with E-state index >= 15 is 0 Å². The highest BCUT2D eigenvalue weighted by molar-refractivity contribution is 5.76. The second kappa shape index (κ2) is 31.5. The standard InChI is InChI=1S/C25H34FN3O.C7H8.C3H7N.2C2H6/c1-3-10-25(30)29(18-9-8-13-21-11-6-5-7-12-21)20-24(27-4-2)28-19-22-14-16-23(26)17-15-22;1-7-5-3-2-4-6-7;1-3-4-2;2*1-2/h4-7,11-12,14-17,24,27-28H,2-3,8-10,13,18-20H2,1H3;2-6H,1H3;3-4H,1H2,2H3;2*1-2H3. The lowest BCUT2D eigenvalue weighted by Gasteiger charge is -2.29. The third kappa shape index (κ3) is 24.1. The zero-order chi connectivity index (χ0) is 34.1. The molecule has 1 atom stereocenters. The van der Waals surface area contributed by atoms with Crippen molar-refractivity contribution in [2.75, 3.05) is 20.1 Å². The van der Waals surface area contributed by atoms with Crippen molar-refractivity contribution in [3.8, 4) is 0 Å². The van der Waals surface area contributed by atoms with Gasteiger partial charge in [-0.2, -0.15) is 0 Å². The number of unbranched alkanes of at least 4 members (excludes halogenated alkanes) is 1. The van der Waals surface area contributed by atoms with Gasteiger partial charge in [0.15, 0.2) is 0 Å². The molecule has 0 spiro atoms. The van der Waals surface area contributed by atoms with E-state index in [0.717, 1.165) is 37.8 Å². The molecule has 0 bridgehead atoms. The maximum absolute atomic E-state index is 13.1. The Hall–Kier alpha value is -3.90. The van der Waals surface area contributed by atoms with Gasteiger partial charge in [-0.3, -0.25) is 10.1 Å². The Bertz CT molecular complexity index is 1080. The number of nitrogens with one attached hydrogen (secondary N) is 3. The number of rotatable bonds is 15. The predicted octanol–water partition coefficient (Wildman–Crippen LogP) is 9.02. The number of amides is 1. The van der Waals surface area contributed by atoms with Crippen LogP contribution >= 0.6 is 0 Å². The van der Waals surface area contributed by atoms with E-state index in [0.29, 0.717) is 19.5 Å². The molecule has 3 aromatic carbocycles. The smallest absolute Gasteiger partial charge is 0.222 e. The van der Waals surface area contributed by atoms with Crippen LogP contribution in [0.1, 0.15) is 77.0 Å². The van der Waals surface area contributed by atoms with Crippen LogP contribution in [0, 0.1) is 12.7 Å². The molecule has 1 unspecified atom stereocenters.